The van der Waals surface area contributed by atoms with E-state index in [-0.39, 0.29) is 44.1 Å². The molecule has 0 aliphatic carbocycles. The molecule has 9 aliphatic rings. The molecule has 32 nitrogen and oxygen atoms in total. The van der Waals surface area contributed by atoms with Crippen molar-refractivity contribution in [2.24, 2.45) is 5.11 Å². The van der Waals surface area contributed by atoms with E-state index >= 15 is 0 Å². The van der Waals surface area contributed by atoms with E-state index in [0.717, 1.165) is 18.8 Å². The maximum Gasteiger partial charge on any atom is 0.324 e. The van der Waals surface area contributed by atoms with Gasteiger partial charge in [0.1, 0.15) is 66.7 Å². The minimum atomic E-state index is -2.84. The van der Waals surface area contributed by atoms with Gasteiger partial charge in [0.25, 0.3) is 5.92 Å². The molecule has 0 aromatic carbocycles. The molecule has 0 amide bonds. The van der Waals surface area contributed by atoms with E-state index in [1.807, 2.05) is 0 Å². The summed E-state index contributed by atoms with van der Waals surface area (Å²) in [5.41, 5.74) is 8.03. The number of rotatable bonds is 10. The molecular weight excluding hydrogens is 1110 g/mol. The minimum Gasteiger partial charge on any atom is -0.480 e. The van der Waals surface area contributed by atoms with Crippen LogP contribution < -0.4 is 47.9 Å². The number of carboxylic acids is 9. The third-order valence-electron chi connectivity index (χ3n) is 11.8. The second-order valence-corrected chi connectivity index (χ2v) is 19.3. The number of carbonyl (C=O) groups is 9. The molecule has 14 atom stereocenters. The fourth-order valence-electron chi connectivity index (χ4n) is 7.22. The van der Waals surface area contributed by atoms with Gasteiger partial charge >= 0.3 is 53.7 Å². The second kappa shape index (κ2) is 37.8. The Labute approximate surface area is 456 Å². The lowest BCUT2D eigenvalue weighted by Crippen LogP contribution is -2.48. The molecule has 37 heteroatoms. The van der Waals surface area contributed by atoms with Crippen molar-refractivity contribution in [3.8, 4) is 0 Å². The van der Waals surface area contributed by atoms with Gasteiger partial charge < -0.3 is 88.1 Å². The number of alkyl halides is 4. The van der Waals surface area contributed by atoms with Crippen molar-refractivity contribution >= 4 is 65.5 Å². The first-order valence-corrected chi connectivity index (χ1v) is 25.6. The fraction of sp³-hybridized carbons (Fsp3) is 0.744. The molecule has 0 spiro atoms. The van der Waals surface area contributed by atoms with Gasteiger partial charge in [0.2, 0.25) is 0 Å². The lowest BCUT2D eigenvalue weighted by molar-refractivity contribution is -0.142. The number of aliphatic carboxylic acids is 9. The molecule has 8 fully saturated rings. The van der Waals surface area contributed by atoms with Crippen LogP contribution in [-0.2, 0) is 43.2 Å². The second-order valence-electron chi connectivity index (χ2n) is 18.3. The number of aliphatic hydroxyl groups excluding tert-OH is 2. The van der Waals surface area contributed by atoms with Crippen LogP contribution in [0, 0.1) is 0 Å². The highest BCUT2D eigenvalue weighted by atomic mass is 32.2. The first kappa shape index (κ1) is 71.9. The lowest BCUT2D eigenvalue weighted by atomic mass is 10.1. The molecule has 80 heavy (non-hydrogen) atoms. The molecule has 8 saturated heterocycles. The Morgan fingerprint density at radius 1 is 0.512 bits per heavy atom. The summed E-state index contributed by atoms with van der Waals surface area (Å²) in [6.07, 6.45) is 1.97. The molecule has 9 aliphatic heterocycles. The Morgan fingerprint density at radius 3 is 1.11 bits per heavy atom. The van der Waals surface area contributed by atoms with Gasteiger partial charge in [-0.25, -0.2) is 17.6 Å². The van der Waals surface area contributed by atoms with Gasteiger partial charge in [-0.1, -0.05) is 17.3 Å². The maximum atomic E-state index is 12.2. The summed E-state index contributed by atoms with van der Waals surface area (Å²) >= 11 is 1.62. The summed E-state index contributed by atoms with van der Waals surface area (Å²) in [5.74, 6) is -9.43. The van der Waals surface area contributed by atoms with E-state index in [1.54, 1.807) is 23.9 Å². The number of nitrogens with one attached hydrogen (secondary N) is 9. The summed E-state index contributed by atoms with van der Waals surface area (Å²) in [6.45, 7) is 2.63. The maximum absolute atomic E-state index is 12.2. The van der Waals surface area contributed by atoms with Gasteiger partial charge in [-0.15, -0.1) is 11.8 Å². The average molecular weight is 1180 g/mol. The minimum absolute atomic E-state index is 0.106. The van der Waals surface area contributed by atoms with Gasteiger partial charge in [-0.3, -0.25) is 59.1 Å². The zero-order chi connectivity index (χ0) is 60.7. The van der Waals surface area contributed by atoms with Crippen LogP contribution in [0.25, 0.3) is 10.4 Å². The molecule has 9 rings (SSSR count). The number of azide groups is 1. The highest BCUT2D eigenvalue weighted by molar-refractivity contribution is 7.99. The number of thioether (sulfide) groups is 1. The van der Waals surface area contributed by atoms with Crippen LogP contribution in [0.5, 0.6) is 0 Å². The number of carboxylic acid groups (broad SMARTS) is 9. The summed E-state index contributed by atoms with van der Waals surface area (Å²) in [6, 6.07) is -5.25. The third-order valence-corrected chi connectivity index (χ3v) is 12.7. The van der Waals surface area contributed by atoms with Gasteiger partial charge in [-0.2, -0.15) is 0 Å². The van der Waals surface area contributed by atoms with Crippen molar-refractivity contribution in [1.82, 2.24) is 47.9 Å². The number of halogens is 4. The zero-order valence-corrected chi connectivity index (χ0v) is 43.4. The SMILES string of the molecule is O=C(O)[C@@H]1C=CCN1.O=C(O)[C@@H]1CC(F)(F)CN1.O=C(O)[C@@H]1CCN1.O=C(O)[C@@H]1CSCN1.O=C(O)[C@@H]1C[C@@H](F)CN1.O=C(O)[C@@H]1C[C@@H](O)CN1.O=C(O)[C@@H]1C[C@H](F)CN1.O=C(O)[C@@H]1C[C@H](O)CN1.[N-]=[N+]=N[C@@H]1CN[C@H](C(=O)O)C1. The predicted octanol–water partition coefficient (Wildman–Crippen LogP) is -3.93. The average Bonchev–Trinajstić information content (AvgIpc) is 4.20. The van der Waals surface area contributed by atoms with Gasteiger partial charge in [0, 0.05) is 87.9 Å². The first-order chi connectivity index (χ1) is 37.5. The molecular formula is C43H70F4N12O20S. The Morgan fingerprint density at radius 2 is 0.925 bits per heavy atom. The Bertz CT molecular complexity index is 1970. The Hall–Kier alpha value is -6.09. The monoisotopic (exact) mass is 1180 g/mol. The number of hydrogen-bond acceptors (Lipinski definition) is 22. The molecule has 0 saturated carbocycles. The summed E-state index contributed by atoms with van der Waals surface area (Å²) in [4.78, 5) is 93.8. The summed E-state index contributed by atoms with van der Waals surface area (Å²) in [5, 5.41) is 120. The third kappa shape index (κ3) is 30.5. The van der Waals surface area contributed by atoms with Crippen molar-refractivity contribution in [1.29, 1.82) is 0 Å². The number of hydrogen-bond donors (Lipinski definition) is 20. The van der Waals surface area contributed by atoms with Crippen molar-refractivity contribution in [3.63, 3.8) is 0 Å². The van der Waals surface area contributed by atoms with Crippen LogP contribution in [0.3, 0.4) is 0 Å². The largest absolute Gasteiger partial charge is 0.480 e. The van der Waals surface area contributed by atoms with Crippen molar-refractivity contribution in [3.05, 3.63) is 22.6 Å². The molecule has 456 valence electrons. The molecule has 0 unspecified atom stereocenters. The zero-order valence-electron chi connectivity index (χ0n) is 42.6. The smallest absolute Gasteiger partial charge is 0.324 e. The summed E-state index contributed by atoms with van der Waals surface area (Å²) < 4.78 is 48.9. The van der Waals surface area contributed by atoms with Crippen molar-refractivity contribution in [2.75, 3.05) is 64.0 Å². The van der Waals surface area contributed by atoms with Crippen LogP contribution >= 0.6 is 11.8 Å². The first-order valence-electron chi connectivity index (χ1n) is 24.4. The van der Waals surface area contributed by atoms with E-state index in [9.17, 15) is 60.7 Å². The van der Waals surface area contributed by atoms with Gasteiger partial charge in [-0.05, 0) is 24.9 Å². The molecule has 0 bridgehead atoms. The standard InChI is InChI=1S/C5H7F2NO2.2C5H8FNO2.C5H8N4O2.2C5H9NO3.C5H7NO2.C4H7NO2S.C4H7NO2/c6-5(7)1-3(4(9)10)8-2-5;2*6-3-1-4(5(8)9)7-2-3;6-9-8-3-1-4(5(10)11)7-2-3;2*7-3-1-4(5(8)9)6-2-3;7-5(8)4-2-1-3-6-4;6-4(7)3-1-8-2-5-3;6-4(7)3-1-2-5-3/h3,8H,1-2H2,(H,9,10);2*3-4,7H,1-2H2,(H,8,9);3-4,7H,1-2H2,(H,10,11);2*3-4,6-7H,1-2H2,(H,8,9);1-2,4,6H,3H2,(H,7,8);3,5H,1-2H2,(H,6,7);3,5H,1-2H2,(H,6,7)/t3-;3-,4+;2*3-,4-;3-,4+;3-,4-;4-;2*3-/m010010000/s1. The predicted molar refractivity (Wildman–Crippen MR) is 268 cm³/mol. The highest BCUT2D eigenvalue weighted by Crippen LogP contribution is 2.25. The lowest BCUT2D eigenvalue weighted by Gasteiger charge is -2.22. The van der Waals surface area contributed by atoms with E-state index < -0.39 is 139 Å². The number of β-amino-alcohol motifs (C(OH)–C–C–N with tert-alkyl or cyclic N) is 2. The molecule has 20 N–H and O–H groups in total. The highest BCUT2D eigenvalue weighted by Gasteiger charge is 2.42. The van der Waals surface area contributed by atoms with E-state index in [4.69, 9.17) is 61.7 Å². The Kier molecular flexibility index (Phi) is 34.0. The van der Waals surface area contributed by atoms with E-state index in [2.05, 4.69) is 57.9 Å². The van der Waals surface area contributed by atoms with Gasteiger partial charge in [0.05, 0.1) is 24.8 Å². The number of nitrogens with zero attached hydrogens (tertiary/aromatic N) is 3. The van der Waals surface area contributed by atoms with Crippen molar-refractivity contribution in [2.45, 2.75) is 136 Å². The number of aliphatic hydroxyl groups is 2. The topological polar surface area (TPSA) is 533 Å². The van der Waals surface area contributed by atoms with E-state index in [0.29, 0.717) is 51.2 Å². The molecule has 0 aromatic heterocycles. The van der Waals surface area contributed by atoms with Crippen LogP contribution in [0.15, 0.2) is 17.3 Å². The fourth-order valence-corrected chi connectivity index (χ4v) is 8.15. The molecule has 9 heterocycles. The van der Waals surface area contributed by atoms with Gasteiger partial charge in [0.15, 0.2) is 0 Å². The van der Waals surface area contributed by atoms with Crippen LogP contribution in [0.1, 0.15) is 44.9 Å². The summed E-state index contributed by atoms with van der Waals surface area (Å²) in [7, 11) is 0. The van der Waals surface area contributed by atoms with E-state index in [1.165, 1.54) is 0 Å². The van der Waals surface area contributed by atoms with Crippen molar-refractivity contribution < 1.29 is 117 Å². The Balaban J connectivity index is 0.000000451. The van der Waals surface area contributed by atoms with Crippen LogP contribution in [0.4, 0.5) is 17.6 Å². The molecule has 0 radical (unpaired) electrons. The quantitative estimate of drug-likeness (QED) is 0.0327. The van der Waals surface area contributed by atoms with Crippen LogP contribution in [0.2, 0.25) is 0 Å². The normalized spacial score (nSPS) is 31.5. The molecule has 0 aromatic rings. The van der Waals surface area contributed by atoms with Crippen LogP contribution in [-0.4, -0.2) is 265 Å².